The van der Waals surface area contributed by atoms with Crippen LogP contribution in [0.2, 0.25) is 0 Å². The van der Waals surface area contributed by atoms with Gasteiger partial charge in [0.2, 0.25) is 10.0 Å². The van der Waals surface area contributed by atoms with Gasteiger partial charge in [-0.1, -0.05) is 36.7 Å². The number of halogens is 2. The lowest BCUT2D eigenvalue weighted by Crippen LogP contribution is -2.33. The van der Waals surface area contributed by atoms with Gasteiger partial charge in [-0.2, -0.15) is 0 Å². The Morgan fingerprint density at radius 1 is 1.37 bits per heavy atom. The molecule has 0 aliphatic carbocycles. The van der Waals surface area contributed by atoms with E-state index in [1.165, 1.54) is 12.1 Å². The van der Waals surface area contributed by atoms with Crippen LogP contribution < -0.4 is 4.72 Å². The normalized spacial score (nSPS) is 12.7. The summed E-state index contributed by atoms with van der Waals surface area (Å²) in [4.78, 5) is -0.463. The zero-order chi connectivity index (χ0) is 14.8. The Labute approximate surface area is 121 Å². The molecular formula is C12H17BrFNO3S. The highest BCUT2D eigenvalue weighted by atomic mass is 79.9. The SMILES string of the molecule is CC(C)(C)CNS(=O)(=O)c1cc(Br)cc(CO)c1F. The summed E-state index contributed by atoms with van der Waals surface area (Å²) in [5.74, 6) is -0.924. The molecule has 0 unspecified atom stereocenters. The lowest BCUT2D eigenvalue weighted by atomic mass is 9.98. The zero-order valence-corrected chi connectivity index (χ0v) is 13.4. The number of benzene rings is 1. The second kappa shape index (κ2) is 5.87. The zero-order valence-electron chi connectivity index (χ0n) is 11.0. The highest BCUT2D eigenvalue weighted by Crippen LogP contribution is 2.24. The maximum Gasteiger partial charge on any atom is 0.243 e. The van der Waals surface area contributed by atoms with Crippen LogP contribution in [0.15, 0.2) is 21.5 Å². The first-order valence-corrected chi connectivity index (χ1v) is 7.93. The first-order chi connectivity index (χ1) is 8.57. The van der Waals surface area contributed by atoms with Crippen LogP contribution in [0, 0.1) is 11.2 Å². The van der Waals surface area contributed by atoms with E-state index in [0.717, 1.165) is 0 Å². The molecule has 4 nitrogen and oxygen atoms in total. The molecule has 1 aromatic rings. The molecule has 19 heavy (non-hydrogen) atoms. The van der Waals surface area contributed by atoms with Gasteiger partial charge in [-0.3, -0.25) is 0 Å². The molecule has 0 aromatic heterocycles. The van der Waals surface area contributed by atoms with Gasteiger partial charge in [-0.25, -0.2) is 17.5 Å². The molecule has 0 amide bonds. The van der Waals surface area contributed by atoms with Crippen molar-refractivity contribution in [1.29, 1.82) is 0 Å². The number of hydrogen-bond acceptors (Lipinski definition) is 3. The largest absolute Gasteiger partial charge is 0.392 e. The molecule has 0 saturated carbocycles. The van der Waals surface area contributed by atoms with E-state index in [1.807, 2.05) is 20.8 Å². The maximum absolute atomic E-state index is 14.0. The van der Waals surface area contributed by atoms with Gasteiger partial charge in [0.15, 0.2) is 0 Å². The van der Waals surface area contributed by atoms with E-state index in [2.05, 4.69) is 20.7 Å². The van der Waals surface area contributed by atoms with E-state index in [9.17, 15) is 12.8 Å². The summed E-state index contributed by atoms with van der Waals surface area (Å²) in [6.07, 6.45) is 0. The van der Waals surface area contributed by atoms with Crippen LogP contribution in [0.4, 0.5) is 4.39 Å². The van der Waals surface area contributed by atoms with Crippen molar-refractivity contribution in [2.45, 2.75) is 32.3 Å². The van der Waals surface area contributed by atoms with Crippen molar-refractivity contribution in [3.8, 4) is 0 Å². The lowest BCUT2D eigenvalue weighted by Gasteiger charge is -2.19. The van der Waals surface area contributed by atoms with Crippen molar-refractivity contribution < 1.29 is 17.9 Å². The number of aliphatic hydroxyl groups excluding tert-OH is 1. The minimum Gasteiger partial charge on any atom is -0.392 e. The van der Waals surface area contributed by atoms with Crippen molar-refractivity contribution in [3.63, 3.8) is 0 Å². The highest BCUT2D eigenvalue weighted by molar-refractivity contribution is 9.10. The Balaban J connectivity index is 3.18. The van der Waals surface area contributed by atoms with E-state index >= 15 is 0 Å². The lowest BCUT2D eigenvalue weighted by molar-refractivity contribution is 0.274. The molecule has 2 N–H and O–H groups in total. The first kappa shape index (κ1) is 16.6. The highest BCUT2D eigenvalue weighted by Gasteiger charge is 2.24. The first-order valence-electron chi connectivity index (χ1n) is 5.65. The average molecular weight is 354 g/mol. The number of sulfonamides is 1. The second-order valence-electron chi connectivity index (χ2n) is 5.42. The molecule has 0 aliphatic heterocycles. The smallest absolute Gasteiger partial charge is 0.243 e. The predicted molar refractivity (Wildman–Crippen MR) is 74.7 cm³/mol. The molecule has 0 atom stereocenters. The van der Waals surface area contributed by atoms with Gasteiger partial charge in [0, 0.05) is 16.6 Å². The number of nitrogens with one attached hydrogen (secondary N) is 1. The van der Waals surface area contributed by atoms with Crippen molar-refractivity contribution in [3.05, 3.63) is 28.0 Å². The van der Waals surface area contributed by atoms with Crippen LogP contribution >= 0.6 is 15.9 Å². The van der Waals surface area contributed by atoms with Gasteiger partial charge in [0.05, 0.1) is 6.61 Å². The monoisotopic (exact) mass is 353 g/mol. The minimum atomic E-state index is -3.95. The van der Waals surface area contributed by atoms with E-state index in [-0.39, 0.29) is 17.5 Å². The summed E-state index contributed by atoms with van der Waals surface area (Å²) in [7, 11) is -3.95. The summed E-state index contributed by atoms with van der Waals surface area (Å²) in [5.41, 5.74) is -0.319. The van der Waals surface area contributed by atoms with Crippen molar-refractivity contribution in [2.75, 3.05) is 6.54 Å². The molecule has 108 valence electrons. The third kappa shape index (κ3) is 4.52. The molecule has 0 saturated heterocycles. The molecule has 1 rings (SSSR count). The molecule has 0 heterocycles. The van der Waals surface area contributed by atoms with Gasteiger partial charge < -0.3 is 5.11 Å². The topological polar surface area (TPSA) is 66.4 Å². The van der Waals surface area contributed by atoms with Gasteiger partial charge in [-0.05, 0) is 17.5 Å². The summed E-state index contributed by atoms with van der Waals surface area (Å²) in [6, 6.07) is 2.53. The van der Waals surface area contributed by atoms with E-state index < -0.39 is 27.3 Å². The molecule has 0 fully saturated rings. The van der Waals surface area contributed by atoms with Gasteiger partial charge in [0.1, 0.15) is 10.7 Å². The minimum absolute atomic E-state index is 0.0643. The molecule has 0 aliphatic rings. The Bertz CT molecular complexity index is 567. The van der Waals surface area contributed by atoms with Crippen LogP contribution in [-0.2, 0) is 16.6 Å². The molecular weight excluding hydrogens is 337 g/mol. The van der Waals surface area contributed by atoms with E-state index in [4.69, 9.17) is 5.11 Å². The third-order valence-corrected chi connectivity index (χ3v) is 4.19. The molecule has 0 radical (unpaired) electrons. The van der Waals surface area contributed by atoms with Gasteiger partial charge in [-0.15, -0.1) is 0 Å². The Kier molecular flexibility index (Phi) is 5.11. The second-order valence-corrected chi connectivity index (χ2v) is 8.07. The number of hydrogen-bond donors (Lipinski definition) is 2. The maximum atomic E-state index is 14.0. The van der Waals surface area contributed by atoms with Crippen LogP contribution in [0.1, 0.15) is 26.3 Å². The fourth-order valence-corrected chi connectivity index (χ4v) is 3.40. The van der Waals surface area contributed by atoms with Crippen LogP contribution in [0.5, 0.6) is 0 Å². The van der Waals surface area contributed by atoms with Crippen LogP contribution in [-0.4, -0.2) is 20.1 Å². The molecule has 7 heteroatoms. The van der Waals surface area contributed by atoms with Crippen molar-refractivity contribution in [2.24, 2.45) is 5.41 Å². The molecule has 0 spiro atoms. The van der Waals surface area contributed by atoms with Crippen molar-refractivity contribution >= 4 is 26.0 Å². The Hall–Kier alpha value is -0.500. The summed E-state index contributed by atoms with van der Waals surface area (Å²) >= 11 is 3.10. The fraction of sp³-hybridized carbons (Fsp3) is 0.500. The predicted octanol–water partition coefficient (Wildman–Crippen LogP) is 2.40. The van der Waals surface area contributed by atoms with Gasteiger partial charge in [0.25, 0.3) is 0 Å². The van der Waals surface area contributed by atoms with Crippen LogP contribution in [0.3, 0.4) is 0 Å². The molecule has 1 aromatic carbocycles. The van der Waals surface area contributed by atoms with Gasteiger partial charge >= 0.3 is 0 Å². The standard InChI is InChI=1S/C12H17BrFNO3S/c1-12(2,3)7-15-19(17,18)10-5-9(13)4-8(6-16)11(10)14/h4-5,15-16H,6-7H2,1-3H3. The van der Waals surface area contributed by atoms with Crippen LogP contribution in [0.25, 0.3) is 0 Å². The Morgan fingerprint density at radius 3 is 2.42 bits per heavy atom. The summed E-state index contributed by atoms with van der Waals surface area (Å²) in [5, 5.41) is 9.02. The quantitative estimate of drug-likeness (QED) is 0.873. The third-order valence-electron chi connectivity index (χ3n) is 2.33. The van der Waals surface area contributed by atoms with E-state index in [1.54, 1.807) is 0 Å². The number of aliphatic hydroxyl groups is 1. The summed E-state index contributed by atoms with van der Waals surface area (Å²) in [6.45, 7) is 5.23. The van der Waals surface area contributed by atoms with Crippen molar-refractivity contribution in [1.82, 2.24) is 4.72 Å². The fourth-order valence-electron chi connectivity index (χ4n) is 1.32. The van der Waals surface area contributed by atoms with E-state index in [0.29, 0.717) is 4.47 Å². The summed E-state index contributed by atoms with van der Waals surface area (Å²) < 4.78 is 40.9. The molecule has 0 bridgehead atoms. The number of rotatable bonds is 4. The average Bonchev–Trinajstić information content (AvgIpc) is 2.28. The Morgan fingerprint density at radius 2 is 1.95 bits per heavy atom.